The molecule has 4 aliphatic heterocycles. The number of halogens is 3. The summed E-state index contributed by atoms with van der Waals surface area (Å²) in [7, 11) is 0. The fourth-order valence-electron chi connectivity index (χ4n) is 11.4. The number of hydrogen-bond donors (Lipinski definition) is 5. The molecule has 330 valence electrons. The molecule has 0 aromatic heterocycles. The van der Waals surface area contributed by atoms with E-state index in [1.54, 1.807) is 22.3 Å². The molecule has 10 nitrogen and oxygen atoms in total. The maximum Gasteiger partial charge on any atom is 0.490 e. The van der Waals surface area contributed by atoms with Crippen molar-refractivity contribution in [1.29, 1.82) is 0 Å². The van der Waals surface area contributed by atoms with Gasteiger partial charge in [0.25, 0.3) is 0 Å². The Morgan fingerprint density at radius 3 is 1.17 bits per heavy atom. The summed E-state index contributed by atoms with van der Waals surface area (Å²) in [6.07, 6.45) is 17.5. The summed E-state index contributed by atoms with van der Waals surface area (Å²) >= 11 is 0. The first-order valence-corrected chi connectivity index (χ1v) is 23.1. The monoisotopic (exact) mass is 837 g/mol. The molecule has 0 radical (unpaired) electrons. The molecule has 4 fully saturated rings. The summed E-state index contributed by atoms with van der Waals surface area (Å²) < 4.78 is 31.7. The molecule has 2 aromatic rings. The van der Waals surface area contributed by atoms with Crippen molar-refractivity contribution >= 4 is 18.0 Å². The quantitative estimate of drug-likeness (QED) is 0.107. The van der Waals surface area contributed by atoms with Crippen LogP contribution in [-0.4, -0.2) is 77.4 Å². The van der Waals surface area contributed by atoms with Gasteiger partial charge < -0.3 is 26.4 Å². The number of carbonyl (C=O) groups is 3. The van der Waals surface area contributed by atoms with Gasteiger partial charge in [-0.2, -0.15) is 13.2 Å². The van der Waals surface area contributed by atoms with Crippen molar-refractivity contribution in [2.24, 2.45) is 11.8 Å². The van der Waals surface area contributed by atoms with Crippen molar-refractivity contribution < 1.29 is 32.7 Å². The number of benzene rings is 2. The molecule has 4 heterocycles. The van der Waals surface area contributed by atoms with Crippen LogP contribution in [0.15, 0.2) is 48.5 Å². The lowest BCUT2D eigenvalue weighted by atomic mass is 9.84. The standard InChI is InChI=1S/C45H66N6O2.C2HF3O2/c52-44(48-34-18-14-32(15-19-34)26-30-50-40-22-23-41(50)37-11-5-4-10-36(37)40)46-28-8-2-1-3-9-29-47-45(53)49-35-20-16-33(17-21-35)27-31-51-42-24-25-43(51)39-13-7-6-12-38(39)42;3-2(4,5)1(6)7/h4-7,10-13,32-35,40-43H,1-3,8-9,14-31H2,(H2,46,48,52)(H2,47,49,53);(H,6,7)/t32?,33?,34?,35?,40-,41+,42-,43+;. The molecule has 2 saturated heterocycles. The largest absolute Gasteiger partial charge is 0.490 e. The summed E-state index contributed by atoms with van der Waals surface area (Å²) in [6, 6.07) is 21.4. The second kappa shape index (κ2) is 20.8. The highest BCUT2D eigenvalue weighted by molar-refractivity contribution is 5.74. The molecule has 13 heteroatoms. The molecule has 4 atom stereocenters. The minimum atomic E-state index is -5.08. The molecule has 60 heavy (non-hydrogen) atoms. The maximum atomic E-state index is 12.5. The highest BCUT2D eigenvalue weighted by Crippen LogP contribution is 2.54. The third-order valence-corrected chi connectivity index (χ3v) is 14.6. The van der Waals surface area contributed by atoms with Crippen LogP contribution in [-0.2, 0) is 4.79 Å². The van der Waals surface area contributed by atoms with Crippen molar-refractivity contribution in [3.8, 4) is 0 Å². The molecule has 0 unspecified atom stereocenters. The van der Waals surface area contributed by atoms with Crippen LogP contribution >= 0.6 is 0 Å². The molecule has 4 amide bonds. The lowest BCUT2D eigenvalue weighted by Gasteiger charge is -2.31. The van der Waals surface area contributed by atoms with Crippen molar-refractivity contribution in [3.05, 3.63) is 70.8 Å². The molecule has 2 saturated carbocycles. The lowest BCUT2D eigenvalue weighted by Crippen LogP contribution is -2.44. The zero-order chi connectivity index (χ0) is 42.1. The average Bonchev–Trinajstić information content (AvgIpc) is 4.01. The van der Waals surface area contributed by atoms with E-state index in [-0.39, 0.29) is 12.1 Å². The van der Waals surface area contributed by atoms with Crippen LogP contribution in [0.2, 0.25) is 0 Å². The summed E-state index contributed by atoms with van der Waals surface area (Å²) in [5.74, 6) is -1.18. The van der Waals surface area contributed by atoms with E-state index in [2.05, 4.69) is 79.6 Å². The van der Waals surface area contributed by atoms with Gasteiger partial charge in [0.1, 0.15) is 0 Å². The Labute approximate surface area is 354 Å². The maximum absolute atomic E-state index is 12.5. The van der Waals surface area contributed by atoms with Gasteiger partial charge in [0.05, 0.1) is 0 Å². The minimum Gasteiger partial charge on any atom is -0.475 e. The van der Waals surface area contributed by atoms with Gasteiger partial charge in [0.2, 0.25) is 0 Å². The molecule has 6 aliphatic rings. The lowest BCUT2D eigenvalue weighted by molar-refractivity contribution is -0.192. The second-order valence-corrected chi connectivity index (χ2v) is 18.3. The Hall–Kier alpha value is -3.84. The van der Waals surface area contributed by atoms with Crippen molar-refractivity contribution in [1.82, 2.24) is 31.1 Å². The van der Waals surface area contributed by atoms with Crippen molar-refractivity contribution in [3.63, 3.8) is 0 Å². The first-order chi connectivity index (χ1) is 29.0. The molecule has 4 bridgehead atoms. The molecule has 0 spiro atoms. The number of unbranched alkanes of at least 4 members (excludes halogenated alkanes) is 4. The number of nitrogens with one attached hydrogen (secondary N) is 4. The SMILES string of the molecule is O=C(NCCCCCCCNC(=O)NC1CCC(CCN2[C@@H]3CC[C@H]2c2ccccc23)CC1)NC1CCC(CCN2[C@@H]3CC[C@H]2c2ccccc23)CC1.O=C(O)C(F)(F)F. The highest BCUT2D eigenvalue weighted by atomic mass is 19.4. The first kappa shape index (κ1) is 44.2. The number of carboxylic acids is 1. The Balaban J connectivity index is 0.000000716. The third kappa shape index (κ3) is 11.3. The van der Waals surface area contributed by atoms with E-state index in [1.165, 1.54) is 77.3 Å². The van der Waals surface area contributed by atoms with E-state index in [9.17, 15) is 22.8 Å². The number of aliphatic carboxylic acids is 1. The van der Waals surface area contributed by atoms with Crippen LogP contribution < -0.4 is 21.3 Å². The van der Waals surface area contributed by atoms with Crippen molar-refractivity contribution in [2.45, 2.75) is 164 Å². The zero-order valence-corrected chi connectivity index (χ0v) is 35.2. The predicted molar refractivity (Wildman–Crippen MR) is 226 cm³/mol. The third-order valence-electron chi connectivity index (χ3n) is 14.6. The molecule has 5 N–H and O–H groups in total. The average molecular weight is 837 g/mol. The number of fused-ring (bicyclic) bond motifs is 10. The Kier molecular flexibility index (Phi) is 15.3. The topological polar surface area (TPSA) is 126 Å². The van der Waals surface area contributed by atoms with E-state index in [0.717, 1.165) is 82.7 Å². The Morgan fingerprint density at radius 1 is 0.533 bits per heavy atom. The number of rotatable bonds is 16. The van der Waals surface area contributed by atoms with Crippen LogP contribution in [0.25, 0.3) is 0 Å². The van der Waals surface area contributed by atoms with Gasteiger partial charge in [-0.25, -0.2) is 14.4 Å². The van der Waals surface area contributed by atoms with Crippen LogP contribution in [0, 0.1) is 11.8 Å². The van der Waals surface area contributed by atoms with Crippen LogP contribution in [0.3, 0.4) is 0 Å². The van der Waals surface area contributed by atoms with Crippen LogP contribution in [0.5, 0.6) is 0 Å². The van der Waals surface area contributed by atoms with Crippen LogP contribution in [0.1, 0.15) is 168 Å². The summed E-state index contributed by atoms with van der Waals surface area (Å²) in [5, 5.41) is 19.8. The van der Waals surface area contributed by atoms with Gasteiger partial charge in [-0.1, -0.05) is 67.8 Å². The minimum absolute atomic E-state index is 0.00341. The van der Waals surface area contributed by atoms with Gasteiger partial charge in [-0.15, -0.1) is 0 Å². The van der Waals surface area contributed by atoms with Gasteiger partial charge in [0.15, 0.2) is 0 Å². The van der Waals surface area contributed by atoms with E-state index in [1.807, 2.05) is 0 Å². The van der Waals surface area contributed by atoms with Crippen molar-refractivity contribution in [2.75, 3.05) is 26.2 Å². The smallest absolute Gasteiger partial charge is 0.475 e. The molecule has 2 aromatic carbocycles. The highest BCUT2D eigenvalue weighted by Gasteiger charge is 2.44. The second-order valence-electron chi connectivity index (χ2n) is 18.3. The number of carboxylic acid groups (broad SMARTS) is 1. The molecule has 8 rings (SSSR count). The Bertz CT molecular complexity index is 1550. The normalized spacial score (nSPS) is 28.0. The number of alkyl halides is 3. The van der Waals surface area contributed by atoms with Gasteiger partial charge in [0, 0.05) is 49.3 Å². The fraction of sp³-hybridized carbons (Fsp3) is 0.681. The zero-order valence-electron chi connectivity index (χ0n) is 35.2. The van der Waals surface area contributed by atoms with E-state index in [4.69, 9.17) is 9.90 Å². The predicted octanol–water partition coefficient (Wildman–Crippen LogP) is 9.85. The number of hydrogen-bond acceptors (Lipinski definition) is 5. The summed E-state index contributed by atoms with van der Waals surface area (Å²) in [5.41, 5.74) is 6.34. The first-order valence-electron chi connectivity index (χ1n) is 23.1. The van der Waals surface area contributed by atoms with E-state index in [0.29, 0.717) is 36.3 Å². The number of nitrogens with zero attached hydrogens (tertiary/aromatic N) is 2. The van der Waals surface area contributed by atoms with Crippen LogP contribution in [0.4, 0.5) is 22.8 Å². The van der Waals surface area contributed by atoms with E-state index >= 15 is 0 Å². The molecular weight excluding hydrogens is 770 g/mol. The number of carbonyl (C=O) groups excluding carboxylic acids is 2. The van der Waals surface area contributed by atoms with Gasteiger partial charge >= 0.3 is 24.2 Å². The number of amides is 4. The Morgan fingerprint density at radius 2 is 0.850 bits per heavy atom. The summed E-state index contributed by atoms with van der Waals surface area (Å²) in [6.45, 7) is 3.91. The fourth-order valence-corrected chi connectivity index (χ4v) is 11.4. The van der Waals surface area contributed by atoms with Gasteiger partial charge in [-0.3, -0.25) is 9.80 Å². The molecular formula is C47H67F3N6O4. The van der Waals surface area contributed by atoms with Gasteiger partial charge in [-0.05, 0) is 150 Å². The molecule has 2 aliphatic carbocycles. The number of urea groups is 2. The summed E-state index contributed by atoms with van der Waals surface area (Å²) in [4.78, 5) is 39.5. The van der Waals surface area contributed by atoms with E-state index < -0.39 is 12.1 Å².